The summed E-state index contributed by atoms with van der Waals surface area (Å²) in [6.45, 7) is 4.04. The quantitative estimate of drug-likeness (QED) is 0.828. The molecular weight excluding hydrogens is 216 g/mol. The Morgan fingerprint density at radius 1 is 1.62 bits per heavy atom. The third-order valence-corrected chi connectivity index (χ3v) is 4.89. The number of thiophene rings is 1. The van der Waals surface area contributed by atoms with Crippen LogP contribution in [0.3, 0.4) is 0 Å². The molecule has 1 aliphatic rings. The van der Waals surface area contributed by atoms with Crippen molar-refractivity contribution in [3.63, 3.8) is 0 Å². The lowest BCUT2D eigenvalue weighted by Crippen LogP contribution is -2.53. The molecule has 3 N–H and O–H groups in total. The number of nitrogens with two attached hydrogens (primary N) is 1. The average Bonchev–Trinajstić information content (AvgIpc) is 2.96. The van der Waals surface area contributed by atoms with Gasteiger partial charge in [0.2, 0.25) is 0 Å². The Bertz CT molecular complexity index is 310. The van der Waals surface area contributed by atoms with Crippen molar-refractivity contribution in [2.45, 2.75) is 44.7 Å². The summed E-state index contributed by atoms with van der Waals surface area (Å²) in [5.41, 5.74) is 6.22. The minimum atomic E-state index is 0.207. The fourth-order valence-electron chi connectivity index (χ4n) is 2.99. The molecule has 2 unspecified atom stereocenters. The summed E-state index contributed by atoms with van der Waals surface area (Å²) in [6, 6.07) is 4.31. The Morgan fingerprint density at radius 2 is 2.50 bits per heavy atom. The zero-order chi connectivity index (χ0) is 11.4. The van der Waals surface area contributed by atoms with Gasteiger partial charge < -0.3 is 11.1 Å². The minimum absolute atomic E-state index is 0.207. The minimum Gasteiger partial charge on any atom is -0.329 e. The summed E-state index contributed by atoms with van der Waals surface area (Å²) in [7, 11) is 0. The second kappa shape index (κ2) is 5.30. The molecule has 1 saturated carbocycles. The summed E-state index contributed by atoms with van der Waals surface area (Å²) in [4.78, 5) is 1.41. The first-order valence-electron chi connectivity index (χ1n) is 6.28. The molecule has 0 aliphatic heterocycles. The molecule has 1 fully saturated rings. The van der Waals surface area contributed by atoms with Crippen molar-refractivity contribution in [1.29, 1.82) is 0 Å². The third-order valence-electron chi connectivity index (χ3n) is 4.01. The fourth-order valence-corrected chi connectivity index (χ4v) is 3.63. The SMILES string of the molecule is CCC1CCCC1(CN)NCc1cccs1. The van der Waals surface area contributed by atoms with Gasteiger partial charge in [0.1, 0.15) is 0 Å². The van der Waals surface area contributed by atoms with Gasteiger partial charge in [-0.3, -0.25) is 0 Å². The molecule has 1 heterocycles. The van der Waals surface area contributed by atoms with Crippen LogP contribution in [0.5, 0.6) is 0 Å². The molecule has 1 aromatic heterocycles. The monoisotopic (exact) mass is 238 g/mol. The van der Waals surface area contributed by atoms with Gasteiger partial charge in [-0.15, -0.1) is 11.3 Å². The zero-order valence-corrected chi connectivity index (χ0v) is 10.9. The van der Waals surface area contributed by atoms with Gasteiger partial charge in [0, 0.05) is 23.5 Å². The first-order valence-corrected chi connectivity index (χ1v) is 7.16. The summed E-state index contributed by atoms with van der Waals surface area (Å²) in [5.74, 6) is 0.762. The standard InChI is InChI=1S/C13H22N2S/c1-2-11-5-3-7-13(11,10-14)15-9-12-6-4-8-16-12/h4,6,8,11,15H,2-3,5,7,9-10,14H2,1H3. The third kappa shape index (κ3) is 2.31. The maximum absolute atomic E-state index is 6.02. The number of hydrogen-bond donors (Lipinski definition) is 2. The van der Waals surface area contributed by atoms with Gasteiger partial charge >= 0.3 is 0 Å². The Morgan fingerprint density at radius 3 is 3.12 bits per heavy atom. The van der Waals surface area contributed by atoms with Gasteiger partial charge in [-0.1, -0.05) is 25.8 Å². The molecule has 0 aromatic carbocycles. The maximum atomic E-state index is 6.02. The van der Waals surface area contributed by atoms with Crippen LogP contribution in [0.1, 0.15) is 37.5 Å². The second-order valence-corrected chi connectivity index (χ2v) is 5.82. The van der Waals surface area contributed by atoms with E-state index >= 15 is 0 Å². The average molecular weight is 238 g/mol. The van der Waals surface area contributed by atoms with E-state index in [0.717, 1.165) is 19.0 Å². The van der Waals surface area contributed by atoms with Crippen LogP contribution in [0.4, 0.5) is 0 Å². The molecule has 2 atom stereocenters. The summed E-state index contributed by atoms with van der Waals surface area (Å²) >= 11 is 1.82. The highest BCUT2D eigenvalue weighted by molar-refractivity contribution is 7.09. The normalized spacial score (nSPS) is 29.8. The molecule has 0 saturated heterocycles. The topological polar surface area (TPSA) is 38.0 Å². The lowest BCUT2D eigenvalue weighted by Gasteiger charge is -2.35. The highest BCUT2D eigenvalue weighted by Crippen LogP contribution is 2.37. The van der Waals surface area contributed by atoms with Crippen molar-refractivity contribution in [3.8, 4) is 0 Å². The largest absolute Gasteiger partial charge is 0.329 e. The summed E-state index contributed by atoms with van der Waals surface area (Å²) in [5, 5.41) is 5.87. The molecule has 90 valence electrons. The van der Waals surface area contributed by atoms with Crippen molar-refractivity contribution < 1.29 is 0 Å². The van der Waals surface area contributed by atoms with Gasteiger partial charge in [0.15, 0.2) is 0 Å². The first-order chi connectivity index (χ1) is 7.80. The van der Waals surface area contributed by atoms with Gasteiger partial charge in [-0.25, -0.2) is 0 Å². The van der Waals surface area contributed by atoms with Crippen LogP contribution in [0.15, 0.2) is 17.5 Å². The van der Waals surface area contributed by atoms with Crippen molar-refractivity contribution in [1.82, 2.24) is 5.32 Å². The lowest BCUT2D eigenvalue weighted by atomic mass is 9.85. The van der Waals surface area contributed by atoms with Gasteiger partial charge in [0.05, 0.1) is 0 Å². The van der Waals surface area contributed by atoms with E-state index in [0.29, 0.717) is 0 Å². The van der Waals surface area contributed by atoms with E-state index in [1.165, 1.54) is 30.6 Å². The van der Waals surface area contributed by atoms with Gasteiger partial charge in [0.25, 0.3) is 0 Å². The van der Waals surface area contributed by atoms with Crippen LogP contribution in [0, 0.1) is 5.92 Å². The molecule has 16 heavy (non-hydrogen) atoms. The lowest BCUT2D eigenvalue weighted by molar-refractivity contribution is 0.244. The Labute approximate surface area is 102 Å². The molecule has 3 heteroatoms. The molecule has 2 nitrogen and oxygen atoms in total. The maximum Gasteiger partial charge on any atom is 0.0335 e. The van der Waals surface area contributed by atoms with E-state index in [1.54, 1.807) is 0 Å². The summed E-state index contributed by atoms with van der Waals surface area (Å²) in [6.07, 6.45) is 5.15. The molecule has 0 bridgehead atoms. The summed E-state index contributed by atoms with van der Waals surface area (Å²) < 4.78 is 0. The van der Waals surface area contributed by atoms with Crippen molar-refractivity contribution in [3.05, 3.63) is 22.4 Å². The van der Waals surface area contributed by atoms with Crippen molar-refractivity contribution in [2.24, 2.45) is 11.7 Å². The number of rotatable bonds is 5. The predicted molar refractivity (Wildman–Crippen MR) is 70.6 cm³/mol. The van der Waals surface area contributed by atoms with E-state index < -0.39 is 0 Å². The predicted octanol–water partition coefficient (Wildman–Crippen LogP) is 2.75. The molecule has 2 rings (SSSR count). The van der Waals surface area contributed by atoms with Crippen molar-refractivity contribution >= 4 is 11.3 Å². The fraction of sp³-hybridized carbons (Fsp3) is 0.692. The van der Waals surface area contributed by atoms with E-state index in [4.69, 9.17) is 5.73 Å². The Balaban J connectivity index is 1.99. The smallest absolute Gasteiger partial charge is 0.0335 e. The van der Waals surface area contributed by atoms with Gasteiger partial charge in [-0.2, -0.15) is 0 Å². The van der Waals surface area contributed by atoms with Gasteiger partial charge in [-0.05, 0) is 30.2 Å². The Kier molecular flexibility index (Phi) is 4.00. The van der Waals surface area contributed by atoms with E-state index in [1.807, 2.05) is 11.3 Å². The molecule has 0 radical (unpaired) electrons. The number of nitrogens with one attached hydrogen (secondary N) is 1. The molecule has 0 spiro atoms. The molecule has 1 aliphatic carbocycles. The van der Waals surface area contributed by atoms with Crippen LogP contribution < -0.4 is 11.1 Å². The van der Waals surface area contributed by atoms with E-state index in [-0.39, 0.29) is 5.54 Å². The molecular formula is C13H22N2S. The van der Waals surface area contributed by atoms with Crippen molar-refractivity contribution in [2.75, 3.05) is 6.54 Å². The van der Waals surface area contributed by atoms with Crippen LogP contribution in [-0.2, 0) is 6.54 Å². The first kappa shape index (κ1) is 12.1. The second-order valence-electron chi connectivity index (χ2n) is 4.79. The van der Waals surface area contributed by atoms with E-state index in [9.17, 15) is 0 Å². The van der Waals surface area contributed by atoms with E-state index in [2.05, 4.69) is 29.8 Å². The van der Waals surface area contributed by atoms with Crippen LogP contribution in [0.2, 0.25) is 0 Å². The van der Waals surface area contributed by atoms with Crippen LogP contribution >= 0.6 is 11.3 Å². The zero-order valence-electron chi connectivity index (χ0n) is 10.0. The van der Waals surface area contributed by atoms with Crippen LogP contribution in [-0.4, -0.2) is 12.1 Å². The molecule has 1 aromatic rings. The van der Waals surface area contributed by atoms with Crippen LogP contribution in [0.25, 0.3) is 0 Å². The Hall–Kier alpha value is -0.380. The molecule has 0 amide bonds. The highest BCUT2D eigenvalue weighted by Gasteiger charge is 2.39. The highest BCUT2D eigenvalue weighted by atomic mass is 32.1. The number of hydrogen-bond acceptors (Lipinski definition) is 3.